The van der Waals surface area contributed by atoms with Gasteiger partial charge in [-0.25, -0.2) is 8.42 Å². The van der Waals surface area contributed by atoms with E-state index in [1.165, 1.54) is 17.1 Å². The molecule has 0 spiro atoms. The summed E-state index contributed by atoms with van der Waals surface area (Å²) in [7, 11) is -3.52. The molecule has 150 valence electrons. The Kier molecular flexibility index (Phi) is 6.39. The van der Waals surface area contributed by atoms with Crippen LogP contribution in [0.25, 0.3) is 0 Å². The molecule has 1 N–H and O–H groups in total. The Morgan fingerprint density at radius 2 is 1.81 bits per heavy atom. The minimum atomic E-state index is -3.52. The number of rotatable bonds is 8. The van der Waals surface area contributed by atoms with Crippen molar-refractivity contribution in [1.82, 2.24) is 14.5 Å². The number of hydrogen-bond acceptors (Lipinski definition) is 5. The molecule has 1 saturated carbocycles. The first kappa shape index (κ1) is 20.1. The van der Waals surface area contributed by atoms with Crippen LogP contribution in [-0.2, 0) is 14.8 Å². The number of ether oxygens (including phenoxy) is 1. The maximum atomic E-state index is 12.8. The smallest absolute Gasteiger partial charge is 0.243 e. The zero-order chi connectivity index (χ0) is 19.4. The van der Waals surface area contributed by atoms with E-state index in [1.807, 2.05) is 11.8 Å². The molecule has 1 amide bonds. The molecule has 27 heavy (non-hydrogen) atoms. The van der Waals surface area contributed by atoms with Gasteiger partial charge in [0, 0.05) is 32.2 Å². The van der Waals surface area contributed by atoms with Crippen molar-refractivity contribution in [2.75, 3.05) is 39.3 Å². The van der Waals surface area contributed by atoms with Crippen LogP contribution in [0.3, 0.4) is 0 Å². The number of nitrogens with one attached hydrogen (secondary N) is 1. The molecule has 1 atom stereocenters. The van der Waals surface area contributed by atoms with E-state index in [2.05, 4.69) is 12.2 Å². The summed E-state index contributed by atoms with van der Waals surface area (Å²) in [5.41, 5.74) is 0. The molecule has 0 bridgehead atoms. The van der Waals surface area contributed by atoms with Crippen LogP contribution in [0, 0.1) is 5.92 Å². The van der Waals surface area contributed by atoms with E-state index >= 15 is 0 Å². The Balaban J connectivity index is 1.50. The number of sulfonamides is 1. The van der Waals surface area contributed by atoms with Crippen molar-refractivity contribution >= 4 is 15.9 Å². The molecule has 3 rings (SSSR count). The Hall–Kier alpha value is -1.64. The first-order chi connectivity index (χ1) is 12.9. The first-order valence-corrected chi connectivity index (χ1v) is 11.1. The molecule has 7 nitrogen and oxygen atoms in total. The van der Waals surface area contributed by atoms with Gasteiger partial charge in [-0.3, -0.25) is 9.69 Å². The molecule has 1 saturated heterocycles. The number of nitrogens with zero attached hydrogens (tertiary/aromatic N) is 2. The summed E-state index contributed by atoms with van der Waals surface area (Å²) < 4.78 is 32.5. The van der Waals surface area contributed by atoms with Crippen molar-refractivity contribution in [3.63, 3.8) is 0 Å². The number of amides is 1. The minimum absolute atomic E-state index is 0.0252. The van der Waals surface area contributed by atoms with E-state index in [0.29, 0.717) is 51.0 Å². The van der Waals surface area contributed by atoms with Gasteiger partial charge in [-0.2, -0.15) is 4.31 Å². The topological polar surface area (TPSA) is 79.0 Å². The van der Waals surface area contributed by atoms with Crippen LogP contribution in [0.5, 0.6) is 5.75 Å². The zero-order valence-electron chi connectivity index (χ0n) is 16.1. The van der Waals surface area contributed by atoms with Gasteiger partial charge in [-0.05, 0) is 56.9 Å². The predicted octanol–water partition coefficient (Wildman–Crippen LogP) is 1.31. The van der Waals surface area contributed by atoms with Crippen molar-refractivity contribution in [1.29, 1.82) is 0 Å². The molecule has 1 aliphatic heterocycles. The molecule has 8 heteroatoms. The van der Waals surface area contributed by atoms with E-state index < -0.39 is 10.0 Å². The van der Waals surface area contributed by atoms with Crippen LogP contribution in [0.15, 0.2) is 29.2 Å². The van der Waals surface area contributed by atoms with E-state index in [1.54, 1.807) is 24.3 Å². The van der Waals surface area contributed by atoms with E-state index in [9.17, 15) is 13.2 Å². The Bertz CT molecular complexity index is 739. The third-order valence-electron chi connectivity index (χ3n) is 5.19. The van der Waals surface area contributed by atoms with Crippen LogP contribution < -0.4 is 10.1 Å². The highest BCUT2D eigenvalue weighted by Crippen LogP contribution is 2.32. The normalized spacial score (nSPS) is 20.2. The van der Waals surface area contributed by atoms with Crippen LogP contribution >= 0.6 is 0 Å². The van der Waals surface area contributed by atoms with Gasteiger partial charge >= 0.3 is 0 Å². The van der Waals surface area contributed by atoms with Crippen molar-refractivity contribution in [2.45, 2.75) is 37.6 Å². The number of carbonyl (C=O) groups is 1. The van der Waals surface area contributed by atoms with Gasteiger partial charge in [0.2, 0.25) is 15.9 Å². The SMILES string of the molecule is CCOc1ccc(S(=O)(=O)N2CCN(CC(=O)N[C@@H](C)C3CC3)CC2)cc1. The van der Waals surface area contributed by atoms with E-state index in [4.69, 9.17) is 4.74 Å². The maximum Gasteiger partial charge on any atom is 0.243 e. The molecule has 1 aliphatic carbocycles. The molecule has 0 unspecified atom stereocenters. The number of piperazine rings is 1. The molecule has 2 aliphatic rings. The van der Waals surface area contributed by atoms with Crippen LogP contribution in [0.4, 0.5) is 0 Å². The second-order valence-electron chi connectivity index (χ2n) is 7.28. The summed E-state index contributed by atoms with van der Waals surface area (Å²) in [6.45, 7) is 6.70. The molecule has 2 fully saturated rings. The summed E-state index contributed by atoms with van der Waals surface area (Å²) in [5, 5.41) is 3.05. The monoisotopic (exact) mass is 395 g/mol. The molecule has 1 heterocycles. The predicted molar refractivity (Wildman–Crippen MR) is 103 cm³/mol. The Morgan fingerprint density at radius 3 is 2.37 bits per heavy atom. The van der Waals surface area contributed by atoms with Gasteiger partial charge in [0.15, 0.2) is 0 Å². The molecule has 0 aromatic heterocycles. The zero-order valence-corrected chi connectivity index (χ0v) is 16.9. The van der Waals surface area contributed by atoms with Crippen LogP contribution in [-0.4, -0.2) is 68.9 Å². The summed E-state index contributed by atoms with van der Waals surface area (Å²) >= 11 is 0. The summed E-state index contributed by atoms with van der Waals surface area (Å²) in [5.74, 6) is 1.31. The van der Waals surface area contributed by atoms with Crippen molar-refractivity contribution in [3.8, 4) is 5.75 Å². The number of hydrogen-bond donors (Lipinski definition) is 1. The lowest BCUT2D eigenvalue weighted by atomic mass is 10.2. The third-order valence-corrected chi connectivity index (χ3v) is 7.10. The van der Waals surface area contributed by atoms with Crippen molar-refractivity contribution in [2.24, 2.45) is 5.92 Å². The largest absolute Gasteiger partial charge is 0.494 e. The molecule has 1 aromatic rings. The maximum absolute atomic E-state index is 12.8. The minimum Gasteiger partial charge on any atom is -0.494 e. The Morgan fingerprint density at radius 1 is 1.19 bits per heavy atom. The molecular weight excluding hydrogens is 366 g/mol. The standard InChI is InChI=1S/C19H29N3O4S/c1-3-26-17-6-8-18(9-7-17)27(24,25)22-12-10-21(11-13-22)14-19(23)20-15(2)16-4-5-16/h6-9,15-16H,3-5,10-14H2,1-2H3,(H,20,23)/t15-/m0/s1. The Labute approximate surface area is 161 Å². The quantitative estimate of drug-likeness (QED) is 0.718. The van der Waals surface area contributed by atoms with Gasteiger partial charge in [0.25, 0.3) is 0 Å². The number of benzene rings is 1. The van der Waals surface area contributed by atoms with Gasteiger partial charge in [0.1, 0.15) is 5.75 Å². The summed E-state index contributed by atoms with van der Waals surface area (Å²) in [6.07, 6.45) is 2.40. The molecule has 1 aromatic carbocycles. The summed E-state index contributed by atoms with van der Waals surface area (Å²) in [6, 6.07) is 6.76. The van der Waals surface area contributed by atoms with Crippen LogP contribution in [0.1, 0.15) is 26.7 Å². The van der Waals surface area contributed by atoms with E-state index in [0.717, 1.165) is 0 Å². The highest BCUT2D eigenvalue weighted by molar-refractivity contribution is 7.89. The van der Waals surface area contributed by atoms with Gasteiger partial charge < -0.3 is 10.1 Å². The lowest BCUT2D eigenvalue weighted by Crippen LogP contribution is -2.51. The second kappa shape index (κ2) is 8.58. The average molecular weight is 396 g/mol. The number of carbonyl (C=O) groups excluding carboxylic acids is 1. The summed E-state index contributed by atoms with van der Waals surface area (Å²) in [4.78, 5) is 14.4. The first-order valence-electron chi connectivity index (χ1n) is 9.65. The van der Waals surface area contributed by atoms with Crippen LogP contribution in [0.2, 0.25) is 0 Å². The fourth-order valence-corrected chi connectivity index (χ4v) is 4.79. The lowest BCUT2D eigenvalue weighted by molar-refractivity contribution is -0.123. The lowest BCUT2D eigenvalue weighted by Gasteiger charge is -2.33. The molecule has 0 radical (unpaired) electrons. The van der Waals surface area contributed by atoms with Crippen molar-refractivity contribution in [3.05, 3.63) is 24.3 Å². The fraction of sp³-hybridized carbons (Fsp3) is 0.632. The van der Waals surface area contributed by atoms with Crippen molar-refractivity contribution < 1.29 is 17.9 Å². The van der Waals surface area contributed by atoms with Gasteiger partial charge in [0.05, 0.1) is 18.0 Å². The van der Waals surface area contributed by atoms with E-state index in [-0.39, 0.29) is 16.8 Å². The second-order valence-corrected chi connectivity index (χ2v) is 9.22. The molecular formula is C19H29N3O4S. The average Bonchev–Trinajstić information content (AvgIpc) is 3.48. The third kappa shape index (κ3) is 5.21. The van der Waals surface area contributed by atoms with Gasteiger partial charge in [-0.1, -0.05) is 0 Å². The highest BCUT2D eigenvalue weighted by Gasteiger charge is 2.31. The highest BCUT2D eigenvalue weighted by atomic mass is 32.2. The van der Waals surface area contributed by atoms with Gasteiger partial charge in [-0.15, -0.1) is 0 Å². The fourth-order valence-electron chi connectivity index (χ4n) is 3.37.